The molecule has 0 aromatic carbocycles. The molecule has 0 aliphatic carbocycles. The normalized spacial score (nSPS) is 10.3. The topological polar surface area (TPSA) is 51.2 Å². The van der Waals surface area contributed by atoms with Crippen LogP contribution in [0.1, 0.15) is 12.5 Å². The van der Waals surface area contributed by atoms with E-state index in [1.54, 1.807) is 32.4 Å². The summed E-state index contributed by atoms with van der Waals surface area (Å²) in [6.07, 6.45) is 4.83. The first-order valence-electron chi connectivity index (χ1n) is 4.65. The summed E-state index contributed by atoms with van der Waals surface area (Å²) in [5.41, 5.74) is 0.958. The second kappa shape index (κ2) is 5.80. The number of ether oxygens (including phenoxy) is 1. The number of rotatable bonds is 4. The Bertz CT molecular complexity index is 361. The van der Waals surface area contributed by atoms with Gasteiger partial charge in [0.05, 0.1) is 7.11 Å². The van der Waals surface area contributed by atoms with Crippen molar-refractivity contribution in [2.24, 2.45) is 0 Å². The molecule has 1 aromatic heterocycles. The van der Waals surface area contributed by atoms with Crippen LogP contribution in [0.15, 0.2) is 30.5 Å². The molecule has 1 rings (SSSR count). The van der Waals surface area contributed by atoms with E-state index in [9.17, 15) is 4.79 Å². The van der Waals surface area contributed by atoms with Gasteiger partial charge in [-0.05, 0) is 24.6 Å². The number of hydrogen-bond donors (Lipinski definition) is 1. The third kappa shape index (κ3) is 3.81. The molecule has 4 nitrogen and oxygen atoms in total. The quantitative estimate of drug-likeness (QED) is 0.755. The highest BCUT2D eigenvalue weighted by molar-refractivity contribution is 5.87. The molecular weight excluding hydrogens is 192 g/mol. The zero-order valence-electron chi connectivity index (χ0n) is 8.86. The van der Waals surface area contributed by atoms with Crippen molar-refractivity contribution in [3.8, 4) is 5.88 Å². The van der Waals surface area contributed by atoms with E-state index in [2.05, 4.69) is 10.3 Å². The predicted octanol–water partition coefficient (Wildman–Crippen LogP) is 1.28. The highest BCUT2D eigenvalue weighted by atomic mass is 16.5. The van der Waals surface area contributed by atoms with Crippen molar-refractivity contribution in [3.05, 3.63) is 36.0 Å². The first-order chi connectivity index (χ1) is 7.26. The molecule has 0 fully saturated rings. The number of allylic oxidation sites excluding steroid dienone is 1. The minimum atomic E-state index is -0.103. The van der Waals surface area contributed by atoms with Gasteiger partial charge >= 0.3 is 0 Å². The van der Waals surface area contributed by atoms with E-state index in [1.807, 2.05) is 6.07 Å². The Labute approximate surface area is 89.0 Å². The standard InChI is InChI=1S/C11H14N2O2/c1-3-4-10(14)13-8-9-5-6-12-11(7-9)15-2/h3-7H,8H2,1-2H3,(H,13,14). The number of nitrogens with one attached hydrogen (secondary N) is 1. The van der Waals surface area contributed by atoms with Crippen LogP contribution in [0.5, 0.6) is 5.88 Å². The molecule has 1 amide bonds. The first kappa shape index (κ1) is 11.2. The molecule has 15 heavy (non-hydrogen) atoms. The van der Waals surface area contributed by atoms with Gasteiger partial charge in [0.25, 0.3) is 0 Å². The summed E-state index contributed by atoms with van der Waals surface area (Å²) in [5.74, 6) is 0.445. The van der Waals surface area contributed by atoms with E-state index in [0.29, 0.717) is 12.4 Å². The molecule has 0 aliphatic rings. The Hall–Kier alpha value is -1.84. The number of amides is 1. The van der Waals surface area contributed by atoms with Gasteiger partial charge in [0.2, 0.25) is 11.8 Å². The summed E-state index contributed by atoms with van der Waals surface area (Å²) in [5, 5.41) is 2.74. The fourth-order valence-corrected chi connectivity index (χ4v) is 1.07. The summed E-state index contributed by atoms with van der Waals surface area (Å²) in [4.78, 5) is 15.1. The molecule has 0 saturated heterocycles. The highest BCUT2D eigenvalue weighted by Gasteiger charge is 1.98. The van der Waals surface area contributed by atoms with Crippen molar-refractivity contribution < 1.29 is 9.53 Å². The Kier molecular flexibility index (Phi) is 4.34. The van der Waals surface area contributed by atoms with Crippen LogP contribution in [0, 0.1) is 0 Å². The highest BCUT2D eigenvalue weighted by Crippen LogP contribution is 2.07. The fraction of sp³-hybridized carbons (Fsp3) is 0.273. The summed E-state index contributed by atoms with van der Waals surface area (Å²) >= 11 is 0. The van der Waals surface area contributed by atoms with Crippen LogP contribution in [0.25, 0.3) is 0 Å². The molecule has 0 saturated carbocycles. The third-order valence-electron chi connectivity index (χ3n) is 1.79. The number of carbonyl (C=O) groups excluding carboxylic acids is 1. The van der Waals surface area contributed by atoms with Crippen molar-refractivity contribution in [2.45, 2.75) is 13.5 Å². The molecule has 1 aromatic rings. The second-order valence-electron chi connectivity index (χ2n) is 2.92. The van der Waals surface area contributed by atoms with Gasteiger partial charge in [0.15, 0.2) is 0 Å². The molecular formula is C11H14N2O2. The van der Waals surface area contributed by atoms with Crippen molar-refractivity contribution in [3.63, 3.8) is 0 Å². The molecule has 4 heteroatoms. The fourth-order valence-electron chi connectivity index (χ4n) is 1.07. The molecule has 1 heterocycles. The van der Waals surface area contributed by atoms with Crippen molar-refractivity contribution >= 4 is 5.91 Å². The largest absolute Gasteiger partial charge is 0.481 e. The second-order valence-corrected chi connectivity index (χ2v) is 2.92. The van der Waals surface area contributed by atoms with Crippen LogP contribution >= 0.6 is 0 Å². The van der Waals surface area contributed by atoms with Gasteiger partial charge in [-0.1, -0.05) is 6.08 Å². The maximum Gasteiger partial charge on any atom is 0.243 e. The monoisotopic (exact) mass is 206 g/mol. The smallest absolute Gasteiger partial charge is 0.243 e. The van der Waals surface area contributed by atoms with Crippen LogP contribution in [-0.2, 0) is 11.3 Å². The molecule has 0 bridgehead atoms. The van der Waals surface area contributed by atoms with E-state index < -0.39 is 0 Å². The Morgan fingerprint density at radius 3 is 3.13 bits per heavy atom. The average Bonchev–Trinajstić information content (AvgIpc) is 2.27. The molecule has 0 unspecified atom stereocenters. The SMILES string of the molecule is CC=CC(=O)NCc1ccnc(OC)c1. The number of carbonyl (C=O) groups is 1. The lowest BCUT2D eigenvalue weighted by molar-refractivity contribution is -0.116. The van der Waals surface area contributed by atoms with E-state index in [1.165, 1.54) is 6.08 Å². The number of pyridine rings is 1. The minimum Gasteiger partial charge on any atom is -0.481 e. The molecule has 0 spiro atoms. The molecule has 0 atom stereocenters. The van der Waals surface area contributed by atoms with E-state index in [-0.39, 0.29) is 5.91 Å². The number of hydrogen-bond acceptors (Lipinski definition) is 3. The van der Waals surface area contributed by atoms with Crippen LogP contribution < -0.4 is 10.1 Å². The van der Waals surface area contributed by atoms with Crippen LogP contribution in [0.3, 0.4) is 0 Å². The number of aromatic nitrogens is 1. The molecule has 0 aliphatic heterocycles. The zero-order valence-corrected chi connectivity index (χ0v) is 8.86. The third-order valence-corrected chi connectivity index (χ3v) is 1.79. The van der Waals surface area contributed by atoms with E-state index >= 15 is 0 Å². The van der Waals surface area contributed by atoms with Gasteiger partial charge in [0.1, 0.15) is 0 Å². The number of methoxy groups -OCH3 is 1. The van der Waals surface area contributed by atoms with Crippen LogP contribution in [0.4, 0.5) is 0 Å². The predicted molar refractivity (Wildman–Crippen MR) is 57.4 cm³/mol. The lowest BCUT2D eigenvalue weighted by atomic mass is 10.2. The maximum atomic E-state index is 11.1. The number of nitrogens with zero attached hydrogens (tertiary/aromatic N) is 1. The van der Waals surface area contributed by atoms with Crippen molar-refractivity contribution in [1.29, 1.82) is 0 Å². The summed E-state index contributed by atoms with van der Waals surface area (Å²) < 4.78 is 4.97. The minimum absolute atomic E-state index is 0.103. The van der Waals surface area contributed by atoms with Crippen LogP contribution in [-0.4, -0.2) is 18.0 Å². The van der Waals surface area contributed by atoms with Crippen molar-refractivity contribution in [1.82, 2.24) is 10.3 Å². The van der Waals surface area contributed by atoms with Gasteiger partial charge in [-0.15, -0.1) is 0 Å². The Morgan fingerprint density at radius 1 is 1.67 bits per heavy atom. The van der Waals surface area contributed by atoms with Gasteiger partial charge in [-0.25, -0.2) is 4.98 Å². The first-order valence-corrected chi connectivity index (χ1v) is 4.65. The van der Waals surface area contributed by atoms with E-state index in [0.717, 1.165) is 5.56 Å². The van der Waals surface area contributed by atoms with Gasteiger partial charge < -0.3 is 10.1 Å². The van der Waals surface area contributed by atoms with E-state index in [4.69, 9.17) is 4.74 Å². The summed E-state index contributed by atoms with van der Waals surface area (Å²) in [6, 6.07) is 3.62. The molecule has 0 radical (unpaired) electrons. The maximum absolute atomic E-state index is 11.1. The van der Waals surface area contributed by atoms with Gasteiger partial charge in [-0.3, -0.25) is 4.79 Å². The van der Waals surface area contributed by atoms with Crippen molar-refractivity contribution in [2.75, 3.05) is 7.11 Å². The molecule has 1 N–H and O–H groups in total. The van der Waals surface area contributed by atoms with Gasteiger partial charge in [-0.2, -0.15) is 0 Å². The average molecular weight is 206 g/mol. The zero-order chi connectivity index (χ0) is 11.1. The lowest BCUT2D eigenvalue weighted by Gasteiger charge is -2.04. The summed E-state index contributed by atoms with van der Waals surface area (Å²) in [6.45, 7) is 2.27. The summed E-state index contributed by atoms with van der Waals surface area (Å²) in [7, 11) is 1.56. The molecule has 80 valence electrons. The lowest BCUT2D eigenvalue weighted by Crippen LogP contribution is -2.20. The Morgan fingerprint density at radius 2 is 2.47 bits per heavy atom. The van der Waals surface area contributed by atoms with Gasteiger partial charge in [0, 0.05) is 18.8 Å². The Balaban J connectivity index is 2.53. The van der Waals surface area contributed by atoms with Crippen LogP contribution in [0.2, 0.25) is 0 Å².